The summed E-state index contributed by atoms with van der Waals surface area (Å²) in [5.74, 6) is -0.531. The molecule has 0 saturated heterocycles. The summed E-state index contributed by atoms with van der Waals surface area (Å²) >= 11 is 3.28. The van der Waals surface area contributed by atoms with Crippen LogP contribution in [-0.2, 0) is 4.74 Å². The molecule has 0 unspecified atom stereocenters. The highest BCUT2D eigenvalue weighted by Gasteiger charge is 2.20. The summed E-state index contributed by atoms with van der Waals surface area (Å²) in [6, 6.07) is 8.11. The van der Waals surface area contributed by atoms with Crippen LogP contribution < -0.4 is 5.43 Å². The van der Waals surface area contributed by atoms with Crippen molar-refractivity contribution < 1.29 is 9.53 Å². The van der Waals surface area contributed by atoms with Crippen molar-refractivity contribution in [2.45, 2.75) is 26.4 Å². The first-order chi connectivity index (χ1) is 9.76. The lowest BCUT2D eigenvalue weighted by atomic mass is 10.1. The Morgan fingerprint density at radius 3 is 2.48 bits per heavy atom. The Balaban J connectivity index is 3.12. The maximum absolute atomic E-state index is 12.2. The Hall–Kier alpha value is -2.38. The first-order valence-corrected chi connectivity index (χ1v) is 6.73. The Morgan fingerprint density at radius 2 is 1.95 bits per heavy atom. The maximum Gasteiger partial charge on any atom is 0.340 e. The van der Waals surface area contributed by atoms with Crippen molar-refractivity contribution >= 4 is 33.3 Å². The minimum Gasteiger partial charge on any atom is -0.456 e. The highest BCUT2D eigenvalue weighted by molar-refractivity contribution is 9.10. The summed E-state index contributed by atoms with van der Waals surface area (Å²) in [6.45, 7) is 5.28. The number of benzene rings is 1. The van der Waals surface area contributed by atoms with Crippen LogP contribution in [0, 0.1) is 22.7 Å². The lowest BCUT2D eigenvalue weighted by Gasteiger charge is -2.20. The van der Waals surface area contributed by atoms with Crippen molar-refractivity contribution in [3.05, 3.63) is 28.2 Å². The number of halogens is 1. The molecule has 0 bridgehead atoms. The molecule has 21 heavy (non-hydrogen) atoms. The van der Waals surface area contributed by atoms with Crippen molar-refractivity contribution in [2.75, 3.05) is 5.43 Å². The van der Waals surface area contributed by atoms with Gasteiger partial charge in [-0.1, -0.05) is 15.9 Å². The zero-order chi connectivity index (χ0) is 16.0. The summed E-state index contributed by atoms with van der Waals surface area (Å²) in [7, 11) is 0. The molecule has 0 spiro atoms. The summed E-state index contributed by atoms with van der Waals surface area (Å²) < 4.78 is 5.99. The number of hydrazone groups is 1. The smallest absolute Gasteiger partial charge is 0.340 e. The minimum atomic E-state index is -0.635. The number of hydrogen-bond donors (Lipinski definition) is 1. The van der Waals surface area contributed by atoms with Crippen LogP contribution >= 0.6 is 15.9 Å². The minimum absolute atomic E-state index is 0.248. The van der Waals surface area contributed by atoms with Gasteiger partial charge in [-0.15, -0.1) is 0 Å². The van der Waals surface area contributed by atoms with E-state index in [0.717, 1.165) is 0 Å². The third-order valence-electron chi connectivity index (χ3n) is 2.10. The molecule has 0 aliphatic carbocycles. The maximum atomic E-state index is 12.2. The van der Waals surface area contributed by atoms with Crippen molar-refractivity contribution in [1.29, 1.82) is 10.5 Å². The molecule has 1 N–H and O–H groups in total. The normalized spacial score (nSPS) is 10.0. The van der Waals surface area contributed by atoms with Gasteiger partial charge in [-0.05, 0) is 39.0 Å². The van der Waals surface area contributed by atoms with Crippen LogP contribution in [0.15, 0.2) is 27.8 Å². The summed E-state index contributed by atoms with van der Waals surface area (Å²) in [4.78, 5) is 12.2. The highest BCUT2D eigenvalue weighted by Crippen LogP contribution is 2.24. The molecule has 0 aromatic heterocycles. The number of carbonyl (C=O) groups excluding carboxylic acids is 1. The van der Waals surface area contributed by atoms with E-state index in [1.54, 1.807) is 51.1 Å². The molecule has 1 aromatic rings. The van der Waals surface area contributed by atoms with E-state index < -0.39 is 11.6 Å². The average molecular weight is 349 g/mol. The fourth-order valence-electron chi connectivity index (χ4n) is 1.31. The molecular weight excluding hydrogens is 336 g/mol. The van der Waals surface area contributed by atoms with Crippen molar-refractivity contribution in [3.63, 3.8) is 0 Å². The van der Waals surface area contributed by atoms with Crippen molar-refractivity contribution in [2.24, 2.45) is 5.10 Å². The van der Waals surface area contributed by atoms with Gasteiger partial charge in [0.1, 0.15) is 17.7 Å². The van der Waals surface area contributed by atoms with Gasteiger partial charge >= 0.3 is 5.97 Å². The van der Waals surface area contributed by atoms with Gasteiger partial charge in [0.25, 0.3) is 0 Å². The number of hydrogen-bond acceptors (Lipinski definition) is 6. The van der Waals surface area contributed by atoms with E-state index >= 15 is 0 Å². The summed E-state index contributed by atoms with van der Waals surface area (Å²) in [6.07, 6.45) is 0. The van der Waals surface area contributed by atoms with Crippen molar-refractivity contribution in [3.8, 4) is 12.1 Å². The molecule has 6 nitrogen and oxygen atoms in total. The Kier molecular flexibility index (Phi) is 5.45. The molecule has 0 heterocycles. The van der Waals surface area contributed by atoms with Gasteiger partial charge in [0.05, 0.1) is 11.3 Å². The number of anilines is 1. The third-order valence-corrected chi connectivity index (χ3v) is 2.59. The molecule has 0 aliphatic rings. The molecule has 1 aromatic carbocycles. The van der Waals surface area contributed by atoms with Crippen LogP contribution in [0.25, 0.3) is 0 Å². The molecule has 7 heteroatoms. The molecule has 0 aliphatic heterocycles. The van der Waals surface area contributed by atoms with Gasteiger partial charge in [-0.3, -0.25) is 5.43 Å². The van der Waals surface area contributed by atoms with Crippen LogP contribution in [0.3, 0.4) is 0 Å². The topological polar surface area (TPSA) is 98.3 Å². The van der Waals surface area contributed by atoms with Crippen LogP contribution in [0.5, 0.6) is 0 Å². The van der Waals surface area contributed by atoms with Gasteiger partial charge in [0.2, 0.25) is 5.71 Å². The molecule has 0 atom stereocenters. The van der Waals surface area contributed by atoms with Crippen LogP contribution in [0.4, 0.5) is 5.69 Å². The Morgan fingerprint density at radius 1 is 1.33 bits per heavy atom. The number of carbonyl (C=O) groups is 1. The second-order valence-corrected chi connectivity index (χ2v) is 5.90. The Labute approximate surface area is 131 Å². The summed E-state index contributed by atoms with van der Waals surface area (Å²) in [5, 5.41) is 20.9. The van der Waals surface area contributed by atoms with Gasteiger partial charge in [0, 0.05) is 4.47 Å². The zero-order valence-corrected chi connectivity index (χ0v) is 13.4. The first-order valence-electron chi connectivity index (χ1n) is 5.93. The highest BCUT2D eigenvalue weighted by atomic mass is 79.9. The standard InChI is InChI=1S/C14H13BrN4O2/c1-14(2,3)21-13(20)11-6-9(15)4-5-12(11)19-18-10(7-16)8-17/h4-6,19H,1-3H3. The monoisotopic (exact) mass is 348 g/mol. The van der Waals surface area contributed by atoms with Crippen LogP contribution in [0.1, 0.15) is 31.1 Å². The lowest BCUT2D eigenvalue weighted by Crippen LogP contribution is -2.24. The molecule has 0 saturated carbocycles. The largest absolute Gasteiger partial charge is 0.456 e. The SMILES string of the molecule is CC(C)(C)OC(=O)c1cc(Br)ccc1NN=C(C#N)C#N. The Bertz CT molecular complexity index is 647. The molecule has 108 valence electrons. The first kappa shape index (κ1) is 16.7. The second-order valence-electron chi connectivity index (χ2n) is 4.99. The number of esters is 1. The number of ether oxygens (including phenoxy) is 1. The van der Waals surface area contributed by atoms with Gasteiger partial charge < -0.3 is 4.74 Å². The fourth-order valence-corrected chi connectivity index (χ4v) is 1.67. The van der Waals surface area contributed by atoms with E-state index in [2.05, 4.69) is 26.5 Å². The third kappa shape index (κ3) is 5.25. The van der Waals surface area contributed by atoms with Gasteiger partial charge in [-0.2, -0.15) is 15.6 Å². The molecule has 0 radical (unpaired) electrons. The van der Waals surface area contributed by atoms with E-state index in [0.29, 0.717) is 10.2 Å². The van der Waals surface area contributed by atoms with Crippen LogP contribution in [0.2, 0.25) is 0 Å². The molecule has 0 fully saturated rings. The van der Waals surface area contributed by atoms with E-state index in [1.807, 2.05) is 0 Å². The van der Waals surface area contributed by atoms with Gasteiger partial charge in [0.15, 0.2) is 0 Å². The number of nitriles is 2. The number of nitrogens with zero attached hydrogens (tertiary/aromatic N) is 3. The predicted octanol–water partition coefficient (Wildman–Crippen LogP) is 3.22. The number of nitrogens with one attached hydrogen (secondary N) is 1. The predicted molar refractivity (Wildman–Crippen MR) is 81.6 cm³/mol. The van der Waals surface area contributed by atoms with E-state index in [4.69, 9.17) is 15.3 Å². The fraction of sp³-hybridized carbons (Fsp3) is 0.286. The lowest BCUT2D eigenvalue weighted by molar-refractivity contribution is 0.00706. The van der Waals surface area contributed by atoms with Crippen LogP contribution in [-0.4, -0.2) is 17.3 Å². The van der Waals surface area contributed by atoms with Gasteiger partial charge in [-0.25, -0.2) is 4.79 Å². The van der Waals surface area contributed by atoms with E-state index in [9.17, 15) is 4.79 Å². The molecule has 1 rings (SSSR count). The average Bonchev–Trinajstić information content (AvgIpc) is 2.39. The quantitative estimate of drug-likeness (QED) is 0.513. The molecular formula is C14H13BrN4O2. The van der Waals surface area contributed by atoms with E-state index in [-0.39, 0.29) is 11.3 Å². The molecule has 0 amide bonds. The second kappa shape index (κ2) is 6.87. The zero-order valence-electron chi connectivity index (χ0n) is 11.8. The number of rotatable bonds is 3. The van der Waals surface area contributed by atoms with E-state index in [1.165, 1.54) is 0 Å². The van der Waals surface area contributed by atoms with Crippen molar-refractivity contribution in [1.82, 2.24) is 0 Å². The summed E-state index contributed by atoms with van der Waals surface area (Å²) in [5.41, 5.74) is 2.15.